The zero-order valence-electron chi connectivity index (χ0n) is 13.4. The maximum Gasteiger partial charge on any atom is 0.127 e. The number of halogens is 1. The van der Waals surface area contributed by atoms with E-state index in [1.807, 2.05) is 12.1 Å². The summed E-state index contributed by atoms with van der Waals surface area (Å²) in [5.41, 5.74) is 1.82. The molecular weight excluding hydrogens is 267 g/mol. The van der Waals surface area contributed by atoms with Crippen molar-refractivity contribution in [2.45, 2.75) is 45.4 Å². The number of ether oxygens (including phenoxy) is 1. The van der Waals surface area contributed by atoms with Gasteiger partial charge in [0.1, 0.15) is 5.82 Å². The Morgan fingerprint density at radius 2 is 2.24 bits per heavy atom. The topological polar surface area (TPSA) is 24.5 Å². The molecular formula is C17H27FN2O. The number of hydrogen-bond donors (Lipinski definition) is 1. The molecule has 1 aromatic carbocycles. The number of piperidine rings is 1. The molecule has 0 saturated carbocycles. The second-order valence-electron chi connectivity index (χ2n) is 6.17. The Balaban J connectivity index is 2.04. The molecule has 1 unspecified atom stereocenters. The smallest absolute Gasteiger partial charge is 0.127 e. The summed E-state index contributed by atoms with van der Waals surface area (Å²) >= 11 is 0. The minimum absolute atomic E-state index is 0.101. The van der Waals surface area contributed by atoms with E-state index in [0.717, 1.165) is 50.1 Å². The molecule has 1 aliphatic heterocycles. The summed E-state index contributed by atoms with van der Waals surface area (Å²) < 4.78 is 19.7. The quantitative estimate of drug-likeness (QED) is 0.873. The fourth-order valence-corrected chi connectivity index (χ4v) is 2.98. The highest BCUT2D eigenvalue weighted by atomic mass is 19.1. The van der Waals surface area contributed by atoms with E-state index in [4.69, 9.17) is 4.74 Å². The fourth-order valence-electron chi connectivity index (χ4n) is 2.98. The van der Waals surface area contributed by atoms with Crippen LogP contribution in [-0.2, 0) is 17.8 Å². The molecule has 1 aromatic rings. The van der Waals surface area contributed by atoms with E-state index >= 15 is 0 Å². The highest BCUT2D eigenvalue weighted by molar-refractivity contribution is 5.25. The van der Waals surface area contributed by atoms with Crippen molar-refractivity contribution in [1.82, 2.24) is 10.2 Å². The zero-order valence-corrected chi connectivity index (χ0v) is 13.4. The van der Waals surface area contributed by atoms with Gasteiger partial charge in [-0.05, 0) is 44.5 Å². The Morgan fingerprint density at radius 3 is 2.95 bits per heavy atom. The summed E-state index contributed by atoms with van der Waals surface area (Å²) in [5.74, 6) is -0.111. The summed E-state index contributed by atoms with van der Waals surface area (Å²) in [7, 11) is 1.77. The molecule has 0 aliphatic carbocycles. The molecule has 0 amide bonds. The van der Waals surface area contributed by atoms with E-state index in [-0.39, 0.29) is 11.4 Å². The van der Waals surface area contributed by atoms with Gasteiger partial charge in [0.25, 0.3) is 0 Å². The molecule has 4 heteroatoms. The summed E-state index contributed by atoms with van der Waals surface area (Å²) in [6, 6.07) is 5.43. The molecule has 0 radical (unpaired) electrons. The number of nitrogens with zero attached hydrogens (tertiary/aromatic N) is 1. The van der Waals surface area contributed by atoms with E-state index in [1.54, 1.807) is 13.2 Å². The average Bonchev–Trinajstić information content (AvgIpc) is 2.48. The Kier molecular flexibility index (Phi) is 5.73. The summed E-state index contributed by atoms with van der Waals surface area (Å²) in [4.78, 5) is 2.29. The summed E-state index contributed by atoms with van der Waals surface area (Å²) in [5, 5.41) is 3.28. The third-order valence-electron chi connectivity index (χ3n) is 4.31. The van der Waals surface area contributed by atoms with E-state index in [9.17, 15) is 4.39 Å². The normalized spacial score (nSPS) is 23.4. The van der Waals surface area contributed by atoms with Gasteiger partial charge in [-0.3, -0.25) is 4.90 Å². The second-order valence-corrected chi connectivity index (χ2v) is 6.17. The lowest BCUT2D eigenvalue weighted by atomic mass is 9.94. The number of rotatable bonds is 6. The summed E-state index contributed by atoms with van der Waals surface area (Å²) in [6.07, 6.45) is 2.17. The molecule has 0 aromatic heterocycles. The highest BCUT2D eigenvalue weighted by Crippen LogP contribution is 2.25. The van der Waals surface area contributed by atoms with Crippen LogP contribution in [0.1, 0.15) is 37.8 Å². The van der Waals surface area contributed by atoms with Crippen molar-refractivity contribution >= 4 is 0 Å². The highest BCUT2D eigenvalue weighted by Gasteiger charge is 2.30. The molecule has 3 nitrogen and oxygen atoms in total. The van der Waals surface area contributed by atoms with Crippen molar-refractivity contribution in [2.75, 3.05) is 26.7 Å². The van der Waals surface area contributed by atoms with E-state index < -0.39 is 0 Å². The predicted molar refractivity (Wildman–Crippen MR) is 83.7 cm³/mol. The lowest BCUT2D eigenvalue weighted by Gasteiger charge is -2.39. The molecule has 1 N–H and O–H groups in total. The average molecular weight is 294 g/mol. The van der Waals surface area contributed by atoms with Crippen LogP contribution in [0.2, 0.25) is 0 Å². The lowest BCUT2D eigenvalue weighted by Crippen LogP contribution is -2.46. The SMILES string of the molecule is CCNCc1ccc(F)c(CN2CCCC(C)(OC)C2)c1. The van der Waals surface area contributed by atoms with Crippen molar-refractivity contribution < 1.29 is 9.13 Å². The van der Waals surface area contributed by atoms with E-state index in [0.29, 0.717) is 6.54 Å². The maximum absolute atomic E-state index is 14.0. The van der Waals surface area contributed by atoms with E-state index in [1.165, 1.54) is 0 Å². The molecule has 0 bridgehead atoms. The van der Waals surface area contributed by atoms with Gasteiger partial charge in [-0.15, -0.1) is 0 Å². The minimum atomic E-state index is -0.111. The molecule has 1 fully saturated rings. The van der Waals surface area contributed by atoms with Gasteiger partial charge in [0.05, 0.1) is 5.60 Å². The molecule has 1 saturated heterocycles. The van der Waals surface area contributed by atoms with Crippen LogP contribution in [0, 0.1) is 5.82 Å². The first-order chi connectivity index (χ1) is 10.1. The standard InChI is InChI=1S/C17H27FN2O/c1-4-19-11-14-6-7-16(18)15(10-14)12-20-9-5-8-17(2,13-20)21-3/h6-7,10,19H,4-5,8-9,11-13H2,1-3H3. The van der Waals surface area contributed by atoms with Gasteiger partial charge >= 0.3 is 0 Å². The molecule has 0 spiro atoms. The van der Waals surface area contributed by atoms with Crippen molar-refractivity contribution in [3.05, 3.63) is 35.1 Å². The third-order valence-corrected chi connectivity index (χ3v) is 4.31. The van der Waals surface area contributed by atoms with Gasteiger partial charge in [0.2, 0.25) is 0 Å². The number of methoxy groups -OCH3 is 1. The van der Waals surface area contributed by atoms with Crippen LogP contribution in [-0.4, -0.2) is 37.2 Å². The van der Waals surface area contributed by atoms with Gasteiger partial charge in [0.15, 0.2) is 0 Å². The Labute approximate surface area is 127 Å². The minimum Gasteiger partial charge on any atom is -0.377 e. The molecule has 21 heavy (non-hydrogen) atoms. The number of nitrogens with one attached hydrogen (secondary N) is 1. The monoisotopic (exact) mass is 294 g/mol. The van der Waals surface area contributed by atoms with Crippen LogP contribution in [0.25, 0.3) is 0 Å². The second kappa shape index (κ2) is 7.34. The largest absolute Gasteiger partial charge is 0.377 e. The van der Waals surface area contributed by atoms with Crippen LogP contribution in [0.3, 0.4) is 0 Å². The molecule has 1 atom stereocenters. The zero-order chi connectivity index (χ0) is 15.3. The summed E-state index contributed by atoms with van der Waals surface area (Å²) in [6.45, 7) is 8.45. The molecule has 1 heterocycles. The van der Waals surface area contributed by atoms with Gasteiger partial charge in [-0.25, -0.2) is 4.39 Å². The number of benzene rings is 1. The van der Waals surface area contributed by atoms with Gasteiger partial charge in [-0.2, -0.15) is 0 Å². The van der Waals surface area contributed by atoms with Crippen LogP contribution in [0.4, 0.5) is 4.39 Å². The van der Waals surface area contributed by atoms with Crippen LogP contribution >= 0.6 is 0 Å². The Bertz CT molecular complexity index is 466. The van der Waals surface area contributed by atoms with Gasteiger partial charge in [-0.1, -0.05) is 19.1 Å². The first-order valence-electron chi connectivity index (χ1n) is 7.82. The van der Waals surface area contributed by atoms with Crippen molar-refractivity contribution in [3.8, 4) is 0 Å². The maximum atomic E-state index is 14.0. The third kappa shape index (κ3) is 4.50. The molecule has 2 rings (SSSR count). The van der Waals surface area contributed by atoms with Crippen LogP contribution in [0.15, 0.2) is 18.2 Å². The number of likely N-dealkylation sites (tertiary alicyclic amines) is 1. The molecule has 1 aliphatic rings. The Hall–Kier alpha value is -0.970. The van der Waals surface area contributed by atoms with Gasteiger partial charge < -0.3 is 10.1 Å². The van der Waals surface area contributed by atoms with E-state index in [2.05, 4.69) is 24.1 Å². The predicted octanol–water partition coefficient (Wildman–Crippen LogP) is 2.94. The number of hydrogen-bond acceptors (Lipinski definition) is 3. The van der Waals surface area contributed by atoms with Gasteiger partial charge in [0, 0.05) is 32.3 Å². The molecule has 118 valence electrons. The van der Waals surface area contributed by atoms with Crippen LogP contribution in [0.5, 0.6) is 0 Å². The first kappa shape index (κ1) is 16.4. The van der Waals surface area contributed by atoms with Crippen molar-refractivity contribution in [1.29, 1.82) is 0 Å². The fraction of sp³-hybridized carbons (Fsp3) is 0.647. The first-order valence-corrected chi connectivity index (χ1v) is 7.82. The Morgan fingerprint density at radius 1 is 1.43 bits per heavy atom. The van der Waals surface area contributed by atoms with Crippen LogP contribution < -0.4 is 5.32 Å². The van der Waals surface area contributed by atoms with Crippen molar-refractivity contribution in [3.63, 3.8) is 0 Å². The van der Waals surface area contributed by atoms with Crippen molar-refractivity contribution in [2.24, 2.45) is 0 Å². The lowest BCUT2D eigenvalue weighted by molar-refractivity contribution is -0.0528.